The van der Waals surface area contributed by atoms with Crippen molar-refractivity contribution in [1.82, 2.24) is 5.16 Å². The van der Waals surface area contributed by atoms with E-state index in [-0.39, 0.29) is 16.0 Å². The maximum absolute atomic E-state index is 10.9. The summed E-state index contributed by atoms with van der Waals surface area (Å²) in [6.45, 7) is 4.69. The van der Waals surface area contributed by atoms with Crippen molar-refractivity contribution in [3.63, 3.8) is 0 Å². The van der Waals surface area contributed by atoms with Crippen molar-refractivity contribution in [1.29, 1.82) is 0 Å². The first-order chi connectivity index (χ1) is 9.56. The SMILES string of the molecule is Cc1cc([C@@H]2CCCN2c2sc([N+](=O)[O-])cc2C)no1. The van der Waals surface area contributed by atoms with E-state index >= 15 is 0 Å². The van der Waals surface area contributed by atoms with Gasteiger partial charge in [0.05, 0.1) is 11.0 Å². The molecular formula is C13H15N3O3S. The highest BCUT2D eigenvalue weighted by Crippen LogP contribution is 2.43. The van der Waals surface area contributed by atoms with Crippen molar-refractivity contribution in [3.05, 3.63) is 39.3 Å². The molecule has 3 rings (SSSR count). The largest absolute Gasteiger partial charge is 0.361 e. The predicted octanol–water partition coefficient (Wildman–Crippen LogP) is 3.60. The molecule has 0 amide bonds. The van der Waals surface area contributed by atoms with Crippen LogP contribution >= 0.6 is 11.3 Å². The first kappa shape index (κ1) is 13.1. The molecule has 1 saturated heterocycles. The van der Waals surface area contributed by atoms with Gasteiger partial charge in [-0.05, 0) is 43.6 Å². The number of thiophene rings is 1. The summed E-state index contributed by atoms with van der Waals surface area (Å²) < 4.78 is 5.15. The van der Waals surface area contributed by atoms with Crippen LogP contribution in [0.3, 0.4) is 0 Å². The van der Waals surface area contributed by atoms with Gasteiger partial charge in [0.25, 0.3) is 0 Å². The molecule has 0 N–H and O–H groups in total. The second kappa shape index (κ2) is 4.90. The normalized spacial score (nSPS) is 18.7. The molecule has 1 fully saturated rings. The van der Waals surface area contributed by atoms with E-state index in [1.807, 2.05) is 19.9 Å². The van der Waals surface area contributed by atoms with E-state index in [2.05, 4.69) is 10.1 Å². The van der Waals surface area contributed by atoms with E-state index < -0.39 is 0 Å². The van der Waals surface area contributed by atoms with Crippen LogP contribution in [0.1, 0.15) is 35.9 Å². The van der Waals surface area contributed by atoms with Gasteiger partial charge in [-0.3, -0.25) is 10.1 Å². The smallest absolute Gasteiger partial charge is 0.326 e. The Kier molecular flexibility index (Phi) is 3.21. The summed E-state index contributed by atoms with van der Waals surface area (Å²) in [5, 5.41) is 16.2. The van der Waals surface area contributed by atoms with Crippen LogP contribution in [0, 0.1) is 24.0 Å². The first-order valence-corrected chi connectivity index (χ1v) is 7.32. The van der Waals surface area contributed by atoms with Crippen molar-refractivity contribution < 1.29 is 9.45 Å². The molecule has 7 heteroatoms. The van der Waals surface area contributed by atoms with Gasteiger partial charge in [0.2, 0.25) is 0 Å². The van der Waals surface area contributed by atoms with Crippen molar-refractivity contribution >= 4 is 21.3 Å². The van der Waals surface area contributed by atoms with Crippen LogP contribution in [-0.4, -0.2) is 16.6 Å². The molecular weight excluding hydrogens is 278 g/mol. The number of nitrogens with zero attached hydrogens (tertiary/aromatic N) is 3. The standard InChI is InChI=1S/C13H15N3O3S/c1-8-6-12(16(17)18)20-13(8)15-5-3-4-11(15)10-7-9(2)19-14-10/h6-7,11H,3-5H2,1-2H3/t11-/m0/s1. The van der Waals surface area contributed by atoms with Gasteiger partial charge in [0.1, 0.15) is 16.5 Å². The maximum Gasteiger partial charge on any atom is 0.326 e. The Hall–Kier alpha value is -1.89. The molecule has 6 nitrogen and oxygen atoms in total. The van der Waals surface area contributed by atoms with Gasteiger partial charge in [0.15, 0.2) is 0 Å². The van der Waals surface area contributed by atoms with Crippen molar-refractivity contribution in [2.45, 2.75) is 32.7 Å². The number of hydrogen-bond acceptors (Lipinski definition) is 6. The molecule has 3 heterocycles. The Morgan fingerprint density at radius 2 is 2.30 bits per heavy atom. The Balaban J connectivity index is 1.94. The lowest BCUT2D eigenvalue weighted by Gasteiger charge is -2.24. The van der Waals surface area contributed by atoms with E-state index in [9.17, 15) is 10.1 Å². The monoisotopic (exact) mass is 293 g/mol. The molecule has 106 valence electrons. The van der Waals surface area contributed by atoms with Gasteiger partial charge in [-0.2, -0.15) is 0 Å². The molecule has 0 aliphatic carbocycles. The van der Waals surface area contributed by atoms with E-state index in [1.54, 1.807) is 6.07 Å². The zero-order valence-corrected chi connectivity index (χ0v) is 12.1. The quantitative estimate of drug-likeness (QED) is 0.638. The number of rotatable bonds is 3. The van der Waals surface area contributed by atoms with Gasteiger partial charge in [-0.25, -0.2) is 0 Å². The number of anilines is 1. The van der Waals surface area contributed by atoms with E-state index in [1.165, 1.54) is 11.3 Å². The van der Waals surface area contributed by atoms with Crippen LogP contribution < -0.4 is 4.90 Å². The molecule has 0 unspecified atom stereocenters. The molecule has 0 aromatic carbocycles. The zero-order valence-electron chi connectivity index (χ0n) is 11.3. The van der Waals surface area contributed by atoms with Gasteiger partial charge >= 0.3 is 5.00 Å². The van der Waals surface area contributed by atoms with Crippen molar-refractivity contribution in [2.75, 3.05) is 11.4 Å². The second-order valence-electron chi connectivity index (χ2n) is 5.04. The molecule has 2 aromatic rings. The fourth-order valence-corrected chi connectivity index (χ4v) is 3.76. The number of aryl methyl sites for hydroxylation is 2. The Bertz CT molecular complexity index is 649. The molecule has 2 aromatic heterocycles. The first-order valence-electron chi connectivity index (χ1n) is 6.51. The zero-order chi connectivity index (χ0) is 14.3. The fourth-order valence-electron chi connectivity index (χ4n) is 2.69. The third kappa shape index (κ3) is 2.18. The highest BCUT2D eigenvalue weighted by molar-refractivity contribution is 7.19. The van der Waals surface area contributed by atoms with Crippen LogP contribution in [0.5, 0.6) is 0 Å². The second-order valence-corrected chi connectivity index (χ2v) is 6.05. The lowest BCUT2D eigenvalue weighted by molar-refractivity contribution is -0.380. The van der Waals surface area contributed by atoms with Crippen LogP contribution in [0.4, 0.5) is 10.0 Å². The average Bonchev–Trinajstić information content (AvgIpc) is 3.07. The lowest BCUT2D eigenvalue weighted by Crippen LogP contribution is -2.22. The molecule has 1 atom stereocenters. The Morgan fingerprint density at radius 3 is 2.90 bits per heavy atom. The van der Waals surface area contributed by atoms with Crippen molar-refractivity contribution in [2.24, 2.45) is 0 Å². The van der Waals surface area contributed by atoms with E-state index in [0.717, 1.165) is 41.4 Å². The minimum atomic E-state index is -0.327. The molecule has 0 radical (unpaired) electrons. The number of nitro groups is 1. The molecule has 1 aliphatic rings. The van der Waals surface area contributed by atoms with Crippen LogP contribution in [0.15, 0.2) is 16.7 Å². The van der Waals surface area contributed by atoms with Crippen molar-refractivity contribution in [3.8, 4) is 0 Å². The van der Waals surface area contributed by atoms with Crippen LogP contribution in [-0.2, 0) is 0 Å². The summed E-state index contributed by atoms with van der Waals surface area (Å²) in [6, 6.07) is 3.74. The van der Waals surface area contributed by atoms with Gasteiger partial charge in [-0.1, -0.05) is 5.16 Å². The van der Waals surface area contributed by atoms with Gasteiger partial charge in [0, 0.05) is 18.7 Å². The predicted molar refractivity (Wildman–Crippen MR) is 76.3 cm³/mol. The lowest BCUT2D eigenvalue weighted by atomic mass is 10.1. The number of aromatic nitrogens is 1. The molecule has 0 spiro atoms. The van der Waals surface area contributed by atoms with E-state index in [4.69, 9.17) is 4.52 Å². The Morgan fingerprint density at radius 1 is 1.50 bits per heavy atom. The van der Waals surface area contributed by atoms with Crippen LogP contribution in [0.2, 0.25) is 0 Å². The average molecular weight is 293 g/mol. The van der Waals surface area contributed by atoms with E-state index in [0.29, 0.717) is 0 Å². The number of hydrogen-bond donors (Lipinski definition) is 0. The molecule has 0 bridgehead atoms. The fraction of sp³-hybridized carbons (Fsp3) is 0.462. The van der Waals surface area contributed by atoms with Gasteiger partial charge in [-0.15, -0.1) is 0 Å². The van der Waals surface area contributed by atoms with Gasteiger partial charge < -0.3 is 9.42 Å². The summed E-state index contributed by atoms with van der Waals surface area (Å²) in [7, 11) is 0. The summed E-state index contributed by atoms with van der Waals surface area (Å²) in [6.07, 6.45) is 2.05. The summed E-state index contributed by atoms with van der Waals surface area (Å²) in [5.41, 5.74) is 1.87. The van der Waals surface area contributed by atoms with Crippen LogP contribution in [0.25, 0.3) is 0 Å². The highest BCUT2D eigenvalue weighted by Gasteiger charge is 2.31. The molecule has 20 heavy (non-hydrogen) atoms. The summed E-state index contributed by atoms with van der Waals surface area (Å²) in [5.74, 6) is 0.792. The third-order valence-corrected chi connectivity index (χ3v) is 4.79. The summed E-state index contributed by atoms with van der Waals surface area (Å²) in [4.78, 5) is 12.8. The third-order valence-electron chi connectivity index (χ3n) is 3.56. The highest BCUT2D eigenvalue weighted by atomic mass is 32.1. The molecule has 1 aliphatic heterocycles. The summed E-state index contributed by atoms with van der Waals surface area (Å²) >= 11 is 1.24. The molecule has 0 saturated carbocycles. The minimum absolute atomic E-state index is 0.157. The maximum atomic E-state index is 10.9. The topological polar surface area (TPSA) is 72.4 Å². The minimum Gasteiger partial charge on any atom is -0.361 e. The Labute approximate surface area is 120 Å².